The number of benzene rings is 1. The molecule has 1 aliphatic heterocycles. The smallest absolute Gasteiger partial charge is 0.305 e. The number of carboxylic acids is 1. The number of pyridine rings is 1. The average molecular weight is 532 g/mol. The molecule has 0 N–H and O–H groups in total. The maximum atomic E-state index is 11.4. The number of aromatic carboxylic acids is 1. The molecular formula is C27H23N4O6S-. The Morgan fingerprint density at radius 2 is 2.00 bits per heavy atom. The number of carboxylic acid groups (broad SMARTS) is 1. The molecule has 0 bridgehead atoms. The Kier molecular flexibility index (Phi) is 7.53. The van der Waals surface area contributed by atoms with Crippen molar-refractivity contribution in [3.63, 3.8) is 0 Å². The van der Waals surface area contributed by atoms with E-state index < -0.39 is 5.97 Å². The van der Waals surface area contributed by atoms with Crippen molar-refractivity contribution in [1.29, 1.82) is 5.26 Å². The maximum absolute atomic E-state index is 11.4. The van der Waals surface area contributed by atoms with Crippen LogP contribution in [-0.4, -0.2) is 48.8 Å². The minimum absolute atomic E-state index is 0.0314. The summed E-state index contributed by atoms with van der Waals surface area (Å²) in [4.78, 5) is 22.6. The van der Waals surface area contributed by atoms with E-state index in [1.165, 1.54) is 6.20 Å². The Morgan fingerprint density at radius 1 is 1.21 bits per heavy atom. The predicted molar refractivity (Wildman–Crippen MR) is 137 cm³/mol. The van der Waals surface area contributed by atoms with E-state index in [9.17, 15) is 15.2 Å². The lowest BCUT2D eigenvalue weighted by Crippen LogP contribution is -2.36. The number of hydrogen-bond donors (Lipinski definition) is 0. The SMILES string of the molecule is CCOc1cnc(-c2cc(-c3ccc(N4CCOCC4)cc3)nc(OCc3ccsc3C(=O)[O-])c2C#N)o1. The van der Waals surface area contributed by atoms with Crippen LogP contribution in [0.2, 0.25) is 0 Å². The Hall–Kier alpha value is -4.40. The van der Waals surface area contributed by atoms with E-state index in [1.807, 2.05) is 31.2 Å². The van der Waals surface area contributed by atoms with Crippen LogP contribution in [0.15, 0.2) is 52.4 Å². The molecule has 1 saturated heterocycles. The molecule has 4 aromatic rings. The van der Waals surface area contributed by atoms with Crippen molar-refractivity contribution in [3.05, 3.63) is 64.0 Å². The molecule has 11 heteroatoms. The van der Waals surface area contributed by atoms with Gasteiger partial charge in [0.25, 0.3) is 0 Å². The first kappa shape index (κ1) is 25.3. The van der Waals surface area contributed by atoms with Gasteiger partial charge in [-0.2, -0.15) is 5.26 Å². The van der Waals surface area contributed by atoms with Crippen molar-refractivity contribution in [1.82, 2.24) is 9.97 Å². The molecule has 0 aliphatic carbocycles. The van der Waals surface area contributed by atoms with Crippen molar-refractivity contribution in [3.8, 4) is 40.6 Å². The topological polar surface area (TPSA) is 134 Å². The van der Waals surface area contributed by atoms with Gasteiger partial charge >= 0.3 is 5.95 Å². The summed E-state index contributed by atoms with van der Waals surface area (Å²) < 4.78 is 22.5. The number of carbonyl (C=O) groups excluding carboxylic acids is 1. The van der Waals surface area contributed by atoms with Gasteiger partial charge in [-0.15, -0.1) is 11.3 Å². The summed E-state index contributed by atoms with van der Waals surface area (Å²) in [7, 11) is 0. The van der Waals surface area contributed by atoms with Gasteiger partial charge in [0.05, 0.1) is 41.9 Å². The molecule has 0 radical (unpaired) electrons. The van der Waals surface area contributed by atoms with E-state index in [1.54, 1.807) is 17.5 Å². The molecule has 0 spiro atoms. The van der Waals surface area contributed by atoms with Crippen LogP contribution in [0, 0.1) is 11.3 Å². The standard InChI is InChI=1S/C27H24N4O6S/c1-2-35-23-15-29-25(37-23)20-13-22(17-3-5-19(6-4-17)31-8-10-34-11-9-31)30-26(21(20)14-28)36-16-18-7-12-38-24(18)27(32)33/h3-7,12-13,15H,2,8-11,16H2,1H3,(H,32,33)/p-1. The number of rotatable bonds is 9. The quantitative estimate of drug-likeness (QED) is 0.316. The van der Waals surface area contributed by atoms with Gasteiger partial charge < -0.3 is 33.4 Å². The summed E-state index contributed by atoms with van der Waals surface area (Å²) >= 11 is 1.04. The van der Waals surface area contributed by atoms with Gasteiger partial charge in [0.15, 0.2) is 0 Å². The van der Waals surface area contributed by atoms with Gasteiger partial charge in [0.2, 0.25) is 11.8 Å². The molecule has 38 heavy (non-hydrogen) atoms. The molecular weight excluding hydrogens is 508 g/mol. The van der Waals surface area contributed by atoms with E-state index in [4.69, 9.17) is 18.6 Å². The van der Waals surface area contributed by atoms with E-state index in [-0.39, 0.29) is 34.8 Å². The fourth-order valence-electron chi connectivity index (χ4n) is 4.08. The van der Waals surface area contributed by atoms with Crippen molar-refractivity contribution in [2.45, 2.75) is 13.5 Å². The van der Waals surface area contributed by atoms with E-state index in [0.717, 1.165) is 35.7 Å². The number of morpholine rings is 1. The summed E-state index contributed by atoms with van der Waals surface area (Å²) in [6.07, 6.45) is 1.44. The lowest BCUT2D eigenvalue weighted by molar-refractivity contribution is -0.254. The third-order valence-corrected chi connectivity index (χ3v) is 6.87. The zero-order chi connectivity index (χ0) is 26.5. The maximum Gasteiger partial charge on any atom is 0.305 e. The Balaban J connectivity index is 1.53. The van der Waals surface area contributed by atoms with Crippen LogP contribution in [0.1, 0.15) is 27.7 Å². The van der Waals surface area contributed by atoms with Crippen LogP contribution in [0.4, 0.5) is 5.69 Å². The van der Waals surface area contributed by atoms with Crippen molar-refractivity contribution < 1.29 is 28.5 Å². The molecule has 10 nitrogen and oxygen atoms in total. The van der Waals surface area contributed by atoms with Gasteiger partial charge in [-0.3, -0.25) is 0 Å². The van der Waals surface area contributed by atoms with Crippen LogP contribution in [0.25, 0.3) is 22.7 Å². The fourth-order valence-corrected chi connectivity index (χ4v) is 4.83. The van der Waals surface area contributed by atoms with Crippen molar-refractivity contribution in [2.24, 2.45) is 0 Å². The summed E-state index contributed by atoms with van der Waals surface area (Å²) in [6, 6.07) is 13.4. The fraction of sp³-hybridized carbons (Fsp3) is 0.259. The van der Waals surface area contributed by atoms with Gasteiger partial charge in [-0.1, -0.05) is 12.1 Å². The summed E-state index contributed by atoms with van der Waals surface area (Å²) in [6.45, 7) is 5.12. The van der Waals surface area contributed by atoms with Crippen LogP contribution in [0.5, 0.6) is 11.8 Å². The van der Waals surface area contributed by atoms with Crippen LogP contribution in [0.3, 0.4) is 0 Å². The first-order chi connectivity index (χ1) is 18.6. The molecule has 1 fully saturated rings. The number of nitriles is 1. The molecule has 4 heterocycles. The van der Waals surface area contributed by atoms with Gasteiger partial charge in [-0.05, 0) is 36.6 Å². The molecule has 0 atom stereocenters. The number of thiophene rings is 1. The van der Waals surface area contributed by atoms with Crippen LogP contribution < -0.4 is 19.5 Å². The van der Waals surface area contributed by atoms with E-state index in [2.05, 4.69) is 20.9 Å². The molecule has 0 unspecified atom stereocenters. The highest BCUT2D eigenvalue weighted by Crippen LogP contribution is 2.35. The van der Waals surface area contributed by atoms with Crippen LogP contribution in [-0.2, 0) is 11.3 Å². The molecule has 194 valence electrons. The van der Waals surface area contributed by atoms with Crippen molar-refractivity contribution in [2.75, 3.05) is 37.8 Å². The molecule has 0 saturated carbocycles. The minimum atomic E-state index is -1.29. The Morgan fingerprint density at radius 3 is 2.71 bits per heavy atom. The van der Waals surface area contributed by atoms with Crippen LogP contribution >= 0.6 is 11.3 Å². The third-order valence-electron chi connectivity index (χ3n) is 5.94. The average Bonchev–Trinajstić information content (AvgIpc) is 3.62. The van der Waals surface area contributed by atoms with E-state index in [0.29, 0.717) is 36.6 Å². The second kappa shape index (κ2) is 11.3. The third kappa shape index (κ3) is 5.32. The monoisotopic (exact) mass is 531 g/mol. The number of hydrogen-bond acceptors (Lipinski definition) is 11. The molecule has 1 aliphatic rings. The number of oxazole rings is 1. The molecule has 1 aromatic carbocycles. The largest absolute Gasteiger partial charge is 0.544 e. The molecule has 0 amide bonds. The summed E-state index contributed by atoms with van der Waals surface area (Å²) in [5, 5.41) is 23.1. The predicted octanol–water partition coefficient (Wildman–Crippen LogP) is 3.51. The second-order valence-electron chi connectivity index (χ2n) is 8.26. The number of anilines is 1. The normalized spacial score (nSPS) is 13.2. The lowest BCUT2D eigenvalue weighted by Gasteiger charge is -2.28. The second-order valence-corrected chi connectivity index (χ2v) is 9.18. The van der Waals surface area contributed by atoms with E-state index >= 15 is 0 Å². The molecule has 3 aromatic heterocycles. The minimum Gasteiger partial charge on any atom is -0.544 e. The highest BCUT2D eigenvalue weighted by molar-refractivity contribution is 7.12. The first-order valence-corrected chi connectivity index (χ1v) is 12.8. The Labute approximate surface area is 222 Å². The highest BCUT2D eigenvalue weighted by atomic mass is 32.1. The molecule has 5 rings (SSSR count). The van der Waals surface area contributed by atoms with Gasteiger partial charge in [0.1, 0.15) is 24.4 Å². The zero-order valence-corrected chi connectivity index (χ0v) is 21.3. The first-order valence-electron chi connectivity index (χ1n) is 11.9. The van der Waals surface area contributed by atoms with Crippen molar-refractivity contribution >= 4 is 23.0 Å². The van der Waals surface area contributed by atoms with Gasteiger partial charge in [0, 0.05) is 29.9 Å². The number of ether oxygens (including phenoxy) is 3. The summed E-state index contributed by atoms with van der Waals surface area (Å²) in [5.41, 5.74) is 3.31. The summed E-state index contributed by atoms with van der Waals surface area (Å²) in [5.74, 6) is -0.859. The number of aromatic nitrogens is 2. The highest BCUT2D eigenvalue weighted by Gasteiger charge is 2.21. The number of nitrogens with zero attached hydrogens (tertiary/aromatic N) is 4. The zero-order valence-electron chi connectivity index (χ0n) is 20.5. The lowest BCUT2D eigenvalue weighted by atomic mass is 10.0. The number of carbonyl (C=O) groups is 1. The van der Waals surface area contributed by atoms with Gasteiger partial charge in [-0.25, -0.2) is 9.97 Å². The Bertz CT molecular complexity index is 1470.